The van der Waals surface area contributed by atoms with Crippen LogP contribution in [0, 0.1) is 36.0 Å². The molecule has 26 heavy (non-hydrogen) atoms. The first-order valence-corrected chi connectivity index (χ1v) is 11.5. The molecule has 154 valence electrons. The first-order valence-electron chi connectivity index (χ1n) is 11.5. The fourth-order valence-corrected chi connectivity index (χ4v) is 3.54. The van der Waals surface area contributed by atoms with Gasteiger partial charge in [0.1, 0.15) is 0 Å². The monoisotopic (exact) mass is 362 g/mol. The highest BCUT2D eigenvalue weighted by atomic mass is 14.2. The van der Waals surface area contributed by atoms with Crippen LogP contribution in [0.5, 0.6) is 0 Å². The molecule has 0 heteroatoms. The Morgan fingerprint density at radius 2 is 1.35 bits per heavy atom. The second-order valence-corrected chi connectivity index (χ2v) is 8.29. The molecule has 0 amide bonds. The summed E-state index contributed by atoms with van der Waals surface area (Å²) in [5.74, 6) is 5.88. The van der Waals surface area contributed by atoms with Crippen LogP contribution in [0.2, 0.25) is 0 Å². The highest BCUT2D eigenvalue weighted by molar-refractivity contribution is 5.08. The van der Waals surface area contributed by atoms with Gasteiger partial charge < -0.3 is 0 Å². The van der Waals surface area contributed by atoms with Gasteiger partial charge in [0.05, 0.1) is 0 Å². The van der Waals surface area contributed by atoms with Gasteiger partial charge in [0, 0.05) is 5.92 Å². The van der Waals surface area contributed by atoms with E-state index in [1.807, 2.05) is 27.7 Å². The molecule has 2 saturated carbocycles. The second kappa shape index (κ2) is 19.1. The molecule has 1 unspecified atom stereocenters. The average molecular weight is 363 g/mol. The van der Waals surface area contributed by atoms with Gasteiger partial charge in [-0.1, -0.05) is 123 Å². The van der Waals surface area contributed by atoms with E-state index >= 15 is 0 Å². The Morgan fingerprint density at radius 1 is 0.923 bits per heavy atom. The van der Waals surface area contributed by atoms with E-state index in [2.05, 4.69) is 33.3 Å². The Labute approximate surface area is 167 Å². The summed E-state index contributed by atoms with van der Waals surface area (Å²) in [6.45, 7) is 18.6. The summed E-state index contributed by atoms with van der Waals surface area (Å²) in [5, 5.41) is 0. The predicted molar refractivity (Wildman–Crippen MR) is 122 cm³/mol. The molecule has 0 radical (unpaired) electrons. The lowest BCUT2D eigenvalue weighted by Crippen LogP contribution is -2.12. The van der Waals surface area contributed by atoms with Crippen molar-refractivity contribution in [2.45, 2.75) is 119 Å². The van der Waals surface area contributed by atoms with E-state index in [0.717, 1.165) is 23.3 Å². The Balaban J connectivity index is 0. The zero-order chi connectivity index (χ0) is 20.4. The third-order valence-corrected chi connectivity index (χ3v) is 5.88. The largest absolute Gasteiger partial charge is 0.119 e. The van der Waals surface area contributed by atoms with Gasteiger partial charge in [-0.05, 0) is 31.6 Å². The van der Waals surface area contributed by atoms with Crippen LogP contribution in [0.25, 0.3) is 0 Å². The Kier molecular flexibility index (Phi) is 20.2. The van der Waals surface area contributed by atoms with E-state index in [9.17, 15) is 0 Å². The summed E-state index contributed by atoms with van der Waals surface area (Å²) >= 11 is 0. The van der Waals surface area contributed by atoms with Gasteiger partial charge in [0.2, 0.25) is 0 Å². The van der Waals surface area contributed by atoms with Crippen molar-refractivity contribution in [3.63, 3.8) is 0 Å². The third kappa shape index (κ3) is 15.5. The van der Waals surface area contributed by atoms with Crippen LogP contribution in [-0.2, 0) is 0 Å². The molecular formula is C26H50. The molecule has 0 nitrogen and oxygen atoms in total. The number of terminal acetylenes is 1. The van der Waals surface area contributed by atoms with Gasteiger partial charge in [-0.15, -0.1) is 6.42 Å². The average Bonchev–Trinajstić information content (AvgIpc) is 2.71. The van der Waals surface area contributed by atoms with Crippen LogP contribution in [0.1, 0.15) is 119 Å². The van der Waals surface area contributed by atoms with Crippen LogP contribution in [-0.4, -0.2) is 0 Å². The number of allylic oxidation sites excluding steroid dienone is 1. The maximum atomic E-state index is 5.06. The van der Waals surface area contributed by atoms with E-state index in [1.54, 1.807) is 0 Å². The molecule has 1 atom stereocenters. The van der Waals surface area contributed by atoms with Crippen LogP contribution in [0.4, 0.5) is 0 Å². The van der Waals surface area contributed by atoms with Crippen molar-refractivity contribution in [2.75, 3.05) is 0 Å². The van der Waals surface area contributed by atoms with Crippen LogP contribution < -0.4 is 0 Å². The molecular weight excluding hydrogens is 312 g/mol. The first kappa shape index (κ1) is 27.5. The fraction of sp³-hybridized carbons (Fsp3) is 0.846. The lowest BCUT2D eigenvalue weighted by atomic mass is 9.82. The molecule has 2 fully saturated rings. The predicted octanol–water partition coefficient (Wildman–Crippen LogP) is 9.06. The van der Waals surface area contributed by atoms with Gasteiger partial charge in [-0.25, -0.2) is 0 Å². The summed E-state index contributed by atoms with van der Waals surface area (Å²) in [7, 11) is 0. The number of hydrogen-bond donors (Lipinski definition) is 0. The van der Waals surface area contributed by atoms with Crippen LogP contribution in [0.3, 0.4) is 0 Å². The highest BCUT2D eigenvalue weighted by Crippen LogP contribution is 2.29. The van der Waals surface area contributed by atoms with Crippen molar-refractivity contribution >= 4 is 0 Å². The van der Waals surface area contributed by atoms with E-state index in [0.29, 0.717) is 0 Å². The zero-order valence-corrected chi connectivity index (χ0v) is 19.4. The van der Waals surface area contributed by atoms with Gasteiger partial charge in [0.25, 0.3) is 0 Å². The summed E-state index contributed by atoms with van der Waals surface area (Å²) in [6, 6.07) is 0. The normalized spacial score (nSPS) is 18.7. The molecule has 2 rings (SSSR count). The molecule has 0 saturated heterocycles. The standard InChI is InChI=1S/C9H18.C8H16.C7H10.C2H6/c1-8(2)9-6-4-3-5-7-9;1-2-8-6-4-3-5-7-8;1-5-7(4)6(2)3;1-2/h8-9H,3-7H2,1-2H3;8H,2-7H2,1H3;1,7H,2H2,3-4H3;1-2H3. The minimum absolute atomic E-state index is 0.236. The van der Waals surface area contributed by atoms with Gasteiger partial charge in [0.15, 0.2) is 0 Å². The summed E-state index contributed by atoms with van der Waals surface area (Å²) in [6.07, 6.45) is 21.5. The topological polar surface area (TPSA) is 0 Å². The molecule has 0 aliphatic heterocycles. The minimum atomic E-state index is 0.236. The fourth-order valence-electron chi connectivity index (χ4n) is 3.54. The van der Waals surface area contributed by atoms with Crippen molar-refractivity contribution in [1.82, 2.24) is 0 Å². The molecule has 0 N–H and O–H groups in total. The van der Waals surface area contributed by atoms with Crippen molar-refractivity contribution < 1.29 is 0 Å². The summed E-state index contributed by atoms with van der Waals surface area (Å²) in [5.41, 5.74) is 1.06. The minimum Gasteiger partial charge on any atom is -0.119 e. The van der Waals surface area contributed by atoms with Gasteiger partial charge in [-0.2, -0.15) is 0 Å². The maximum absolute atomic E-state index is 5.06. The molecule has 0 bridgehead atoms. The molecule has 0 spiro atoms. The third-order valence-electron chi connectivity index (χ3n) is 5.88. The summed E-state index contributed by atoms with van der Waals surface area (Å²) in [4.78, 5) is 0. The van der Waals surface area contributed by atoms with Gasteiger partial charge in [-0.3, -0.25) is 0 Å². The van der Waals surface area contributed by atoms with Crippen molar-refractivity contribution in [3.05, 3.63) is 12.2 Å². The zero-order valence-electron chi connectivity index (χ0n) is 19.4. The summed E-state index contributed by atoms with van der Waals surface area (Å²) < 4.78 is 0. The Morgan fingerprint density at radius 3 is 1.54 bits per heavy atom. The smallest absolute Gasteiger partial charge is 0.0375 e. The number of rotatable bonds is 3. The second-order valence-electron chi connectivity index (χ2n) is 8.29. The Bertz CT molecular complexity index is 332. The SMILES string of the molecule is C#CC(C)C(=C)C.CC.CC(C)C1CCCCC1.CCC1CCCCC1. The van der Waals surface area contributed by atoms with E-state index in [-0.39, 0.29) is 5.92 Å². The molecule has 0 aromatic rings. The van der Waals surface area contributed by atoms with Gasteiger partial charge >= 0.3 is 0 Å². The lowest BCUT2D eigenvalue weighted by Gasteiger charge is -2.24. The van der Waals surface area contributed by atoms with Crippen LogP contribution in [0.15, 0.2) is 12.2 Å². The molecule has 0 aromatic carbocycles. The maximum Gasteiger partial charge on any atom is 0.0375 e. The lowest BCUT2D eigenvalue weighted by molar-refractivity contribution is 0.279. The van der Waals surface area contributed by atoms with E-state index in [4.69, 9.17) is 6.42 Å². The Hall–Kier alpha value is -0.700. The van der Waals surface area contributed by atoms with E-state index < -0.39 is 0 Å². The molecule has 2 aliphatic carbocycles. The van der Waals surface area contributed by atoms with Crippen molar-refractivity contribution in [1.29, 1.82) is 0 Å². The number of hydrogen-bond acceptors (Lipinski definition) is 0. The quantitative estimate of drug-likeness (QED) is 0.347. The molecule has 2 aliphatic rings. The molecule has 0 aromatic heterocycles. The highest BCUT2D eigenvalue weighted by Gasteiger charge is 2.15. The first-order chi connectivity index (χ1) is 12.4. The van der Waals surface area contributed by atoms with E-state index in [1.165, 1.54) is 70.6 Å². The van der Waals surface area contributed by atoms with Crippen molar-refractivity contribution in [2.24, 2.45) is 23.7 Å². The van der Waals surface area contributed by atoms with Crippen molar-refractivity contribution in [3.8, 4) is 12.3 Å². The molecule has 0 heterocycles. The van der Waals surface area contributed by atoms with Crippen LogP contribution >= 0.6 is 0 Å².